The van der Waals surface area contributed by atoms with Gasteiger partial charge in [-0.25, -0.2) is 0 Å². The van der Waals surface area contributed by atoms with Crippen molar-refractivity contribution in [2.45, 2.75) is 12.8 Å². The standard InChI is InChI=1S/C2H5NO4/c1-2(4,5)3(6)7/h4-5H,1H3. The van der Waals surface area contributed by atoms with Crippen LogP contribution in [-0.2, 0) is 0 Å². The zero-order valence-corrected chi connectivity index (χ0v) is 3.66. The molecule has 5 nitrogen and oxygen atoms in total. The number of rotatable bonds is 1. The Morgan fingerprint density at radius 2 is 1.86 bits per heavy atom. The molecule has 0 fully saturated rings. The molecule has 0 saturated heterocycles. The third-order valence-corrected chi connectivity index (χ3v) is 0.346. The molecule has 7 heavy (non-hydrogen) atoms. The fourth-order valence-electron chi connectivity index (χ4n) is 0. The third kappa shape index (κ3) is 2.07. The lowest BCUT2D eigenvalue weighted by Crippen LogP contribution is -2.33. The van der Waals surface area contributed by atoms with Crippen LogP contribution >= 0.6 is 0 Å². The van der Waals surface area contributed by atoms with Gasteiger partial charge in [0.05, 0.1) is 11.8 Å². The van der Waals surface area contributed by atoms with Gasteiger partial charge < -0.3 is 10.2 Å². The van der Waals surface area contributed by atoms with Gasteiger partial charge in [-0.3, -0.25) is 10.1 Å². The molecule has 0 unspecified atom stereocenters. The first-order chi connectivity index (χ1) is 2.94. The molecule has 0 radical (unpaired) electrons. The van der Waals surface area contributed by atoms with Gasteiger partial charge in [-0.2, -0.15) is 0 Å². The molecule has 0 aromatic carbocycles. The first-order valence-electron chi connectivity index (χ1n) is 1.54. The Morgan fingerprint density at radius 1 is 1.71 bits per heavy atom. The van der Waals surface area contributed by atoms with Crippen molar-refractivity contribution in [3.8, 4) is 0 Å². The number of aliphatic hydroxyl groups is 2. The summed E-state index contributed by atoms with van der Waals surface area (Å²) in [5.41, 5.74) is 0. The van der Waals surface area contributed by atoms with Crippen LogP contribution in [0.1, 0.15) is 6.92 Å². The van der Waals surface area contributed by atoms with Crippen LogP contribution in [0.25, 0.3) is 0 Å². The van der Waals surface area contributed by atoms with E-state index in [2.05, 4.69) is 0 Å². The van der Waals surface area contributed by atoms with Crippen LogP contribution in [0, 0.1) is 10.1 Å². The average Bonchev–Trinajstić information content (AvgIpc) is 1.31. The predicted molar refractivity (Wildman–Crippen MR) is 19.8 cm³/mol. The van der Waals surface area contributed by atoms with Crippen LogP contribution in [0.5, 0.6) is 0 Å². The van der Waals surface area contributed by atoms with Crippen molar-refractivity contribution in [3.63, 3.8) is 0 Å². The Morgan fingerprint density at radius 3 is 1.86 bits per heavy atom. The summed E-state index contributed by atoms with van der Waals surface area (Å²) in [6.07, 6.45) is 0. The fourth-order valence-corrected chi connectivity index (χ4v) is 0. The lowest BCUT2D eigenvalue weighted by atomic mass is 10.6. The van der Waals surface area contributed by atoms with Crippen molar-refractivity contribution in [3.05, 3.63) is 10.1 Å². The molecule has 0 heterocycles. The summed E-state index contributed by atoms with van der Waals surface area (Å²) in [6, 6.07) is 0. The average molecular weight is 107 g/mol. The van der Waals surface area contributed by atoms with Crippen molar-refractivity contribution >= 4 is 0 Å². The van der Waals surface area contributed by atoms with Gasteiger partial charge in [0, 0.05) is 0 Å². The van der Waals surface area contributed by atoms with E-state index in [1.165, 1.54) is 0 Å². The molecule has 0 rings (SSSR count). The maximum absolute atomic E-state index is 9.33. The van der Waals surface area contributed by atoms with Gasteiger partial charge >= 0.3 is 5.91 Å². The fraction of sp³-hybridized carbons (Fsp3) is 1.00. The molecule has 0 aliphatic carbocycles. The van der Waals surface area contributed by atoms with Crippen molar-refractivity contribution in [2.75, 3.05) is 0 Å². The van der Waals surface area contributed by atoms with Crippen LogP contribution in [0.4, 0.5) is 0 Å². The van der Waals surface area contributed by atoms with Crippen molar-refractivity contribution < 1.29 is 15.1 Å². The molecule has 0 atom stereocenters. The highest BCUT2D eigenvalue weighted by Gasteiger charge is 2.28. The predicted octanol–water partition coefficient (Wildman–Crippen LogP) is -1.08. The Kier molecular flexibility index (Phi) is 1.29. The Bertz CT molecular complexity index is 82.2. The van der Waals surface area contributed by atoms with E-state index < -0.39 is 10.8 Å². The normalized spacial score (nSPS) is 11.3. The molecule has 0 amide bonds. The molecule has 0 aromatic rings. The van der Waals surface area contributed by atoms with Crippen LogP contribution in [0.2, 0.25) is 0 Å². The van der Waals surface area contributed by atoms with Crippen LogP contribution in [-0.4, -0.2) is 21.0 Å². The summed E-state index contributed by atoms with van der Waals surface area (Å²) in [7, 11) is 0. The highest BCUT2D eigenvalue weighted by atomic mass is 16.7. The van der Waals surface area contributed by atoms with Gasteiger partial charge in [0.1, 0.15) is 0 Å². The van der Waals surface area contributed by atoms with Gasteiger partial charge in [-0.15, -0.1) is 0 Å². The molecule has 0 bridgehead atoms. The van der Waals surface area contributed by atoms with Gasteiger partial charge in [0.15, 0.2) is 0 Å². The van der Waals surface area contributed by atoms with Crippen molar-refractivity contribution in [1.82, 2.24) is 0 Å². The van der Waals surface area contributed by atoms with Crippen molar-refractivity contribution in [1.29, 1.82) is 0 Å². The van der Waals surface area contributed by atoms with Crippen LogP contribution in [0.3, 0.4) is 0 Å². The van der Waals surface area contributed by atoms with E-state index in [4.69, 9.17) is 10.2 Å². The topological polar surface area (TPSA) is 83.6 Å². The first kappa shape index (κ1) is 6.32. The molecule has 0 spiro atoms. The molecule has 5 heteroatoms. The van der Waals surface area contributed by atoms with E-state index in [0.29, 0.717) is 6.92 Å². The molecular weight excluding hydrogens is 102 g/mol. The molecule has 2 N–H and O–H groups in total. The maximum atomic E-state index is 9.33. The second-order valence-corrected chi connectivity index (χ2v) is 1.23. The summed E-state index contributed by atoms with van der Waals surface area (Å²) >= 11 is 0. The van der Waals surface area contributed by atoms with Gasteiger partial charge in [0.2, 0.25) is 0 Å². The molecule has 0 aliphatic heterocycles. The van der Waals surface area contributed by atoms with E-state index in [9.17, 15) is 10.1 Å². The van der Waals surface area contributed by atoms with E-state index in [-0.39, 0.29) is 0 Å². The minimum absolute atomic E-state index is 0.674. The highest BCUT2D eigenvalue weighted by Crippen LogP contribution is 1.93. The van der Waals surface area contributed by atoms with Gasteiger partial charge in [-0.05, 0) is 0 Å². The summed E-state index contributed by atoms with van der Waals surface area (Å²) in [5.74, 6) is -2.78. The minimum atomic E-state index is -2.78. The Balaban J connectivity index is 3.79. The van der Waals surface area contributed by atoms with Gasteiger partial charge in [0.25, 0.3) is 0 Å². The largest absolute Gasteiger partial charge is 0.434 e. The summed E-state index contributed by atoms with van der Waals surface area (Å²) in [5, 5.41) is 25.2. The summed E-state index contributed by atoms with van der Waals surface area (Å²) in [4.78, 5) is 8.12. The van der Waals surface area contributed by atoms with Crippen LogP contribution in [0.15, 0.2) is 0 Å². The Hall–Kier alpha value is -0.680. The zero-order chi connectivity index (χ0) is 6.08. The first-order valence-corrected chi connectivity index (χ1v) is 1.54. The summed E-state index contributed by atoms with van der Waals surface area (Å²) in [6.45, 7) is 0.674. The molecule has 0 aliphatic rings. The quantitative estimate of drug-likeness (QED) is 0.253. The summed E-state index contributed by atoms with van der Waals surface area (Å²) < 4.78 is 0. The smallest absolute Gasteiger partial charge is 0.307 e. The number of hydrogen-bond acceptors (Lipinski definition) is 4. The molecular formula is C2H5NO4. The molecule has 0 aromatic heterocycles. The second kappa shape index (κ2) is 1.43. The monoisotopic (exact) mass is 107 g/mol. The lowest BCUT2D eigenvalue weighted by molar-refractivity contribution is -0.677. The number of nitrogens with zero attached hydrogens (tertiary/aromatic N) is 1. The SMILES string of the molecule is CC(O)(O)[N+](=O)[O-]. The third-order valence-electron chi connectivity index (χ3n) is 0.346. The maximum Gasteiger partial charge on any atom is 0.434 e. The number of hydrogen-bond donors (Lipinski definition) is 2. The lowest BCUT2D eigenvalue weighted by Gasteiger charge is -2.02. The molecule has 42 valence electrons. The number of nitro groups is 1. The minimum Gasteiger partial charge on any atom is -0.307 e. The van der Waals surface area contributed by atoms with Gasteiger partial charge in [-0.1, -0.05) is 0 Å². The molecule has 0 saturated carbocycles. The second-order valence-electron chi connectivity index (χ2n) is 1.23. The van der Waals surface area contributed by atoms with E-state index in [1.54, 1.807) is 0 Å². The van der Waals surface area contributed by atoms with E-state index in [0.717, 1.165) is 0 Å². The highest BCUT2D eigenvalue weighted by molar-refractivity contribution is 4.29. The Labute approximate surface area is 39.3 Å². The van der Waals surface area contributed by atoms with Crippen molar-refractivity contribution in [2.24, 2.45) is 0 Å². The van der Waals surface area contributed by atoms with Crippen LogP contribution < -0.4 is 0 Å². The zero-order valence-electron chi connectivity index (χ0n) is 3.66. The van der Waals surface area contributed by atoms with E-state index in [1.807, 2.05) is 0 Å². The van der Waals surface area contributed by atoms with E-state index >= 15 is 0 Å².